The van der Waals surface area contributed by atoms with Gasteiger partial charge < -0.3 is 4.74 Å². The number of halogens is 2. The van der Waals surface area contributed by atoms with Crippen LogP contribution < -0.4 is 16.0 Å². The fourth-order valence-corrected chi connectivity index (χ4v) is 2.72. The molecule has 5 heteroatoms. The van der Waals surface area contributed by atoms with Crippen LogP contribution in [0.25, 0.3) is 0 Å². The summed E-state index contributed by atoms with van der Waals surface area (Å²) in [5.74, 6) is 5.95. The van der Waals surface area contributed by atoms with E-state index in [-0.39, 0.29) is 11.9 Å². The van der Waals surface area contributed by atoms with E-state index in [2.05, 4.69) is 21.4 Å². The van der Waals surface area contributed by atoms with E-state index in [0.717, 1.165) is 15.6 Å². The van der Waals surface area contributed by atoms with Gasteiger partial charge in [-0.05, 0) is 48.4 Å². The number of hydrogen-bond donors (Lipinski definition) is 2. The molecule has 106 valence electrons. The van der Waals surface area contributed by atoms with Crippen molar-refractivity contribution in [3.63, 3.8) is 0 Å². The van der Waals surface area contributed by atoms with Crippen molar-refractivity contribution in [1.29, 1.82) is 0 Å². The van der Waals surface area contributed by atoms with E-state index in [4.69, 9.17) is 10.6 Å². The quantitative estimate of drug-likeness (QED) is 0.663. The van der Waals surface area contributed by atoms with Gasteiger partial charge >= 0.3 is 0 Å². The van der Waals surface area contributed by atoms with Gasteiger partial charge in [0, 0.05) is 10.0 Å². The Balaban J connectivity index is 2.54. The third-order valence-corrected chi connectivity index (χ3v) is 3.71. The highest BCUT2D eigenvalue weighted by Gasteiger charge is 2.19. The molecule has 0 saturated heterocycles. The smallest absolute Gasteiger partial charge is 0.124 e. The van der Waals surface area contributed by atoms with Gasteiger partial charge in [0.15, 0.2) is 0 Å². The lowest BCUT2D eigenvalue weighted by atomic mass is 9.95. The Morgan fingerprint density at radius 3 is 2.55 bits per heavy atom. The molecule has 0 aliphatic rings. The second-order valence-corrected chi connectivity index (χ2v) is 5.40. The van der Waals surface area contributed by atoms with Gasteiger partial charge in [0.25, 0.3) is 0 Å². The SMILES string of the molecule is COc1ccc(F)cc1C(NN)c1ccc(Br)cc1C. The number of nitrogens with two attached hydrogens (primary N) is 1. The Hall–Kier alpha value is -1.43. The van der Waals surface area contributed by atoms with Crippen molar-refractivity contribution in [2.75, 3.05) is 7.11 Å². The molecule has 0 radical (unpaired) electrons. The van der Waals surface area contributed by atoms with E-state index in [1.165, 1.54) is 12.1 Å². The molecule has 1 atom stereocenters. The number of benzene rings is 2. The van der Waals surface area contributed by atoms with Gasteiger partial charge in [0.05, 0.1) is 13.2 Å². The van der Waals surface area contributed by atoms with Gasteiger partial charge in [-0.1, -0.05) is 22.0 Å². The first-order chi connectivity index (χ1) is 9.56. The van der Waals surface area contributed by atoms with E-state index in [9.17, 15) is 4.39 Å². The number of hydrazine groups is 1. The number of nitrogens with one attached hydrogen (secondary N) is 1. The number of aryl methyl sites for hydroxylation is 1. The lowest BCUT2D eigenvalue weighted by molar-refractivity contribution is 0.402. The Bertz CT molecular complexity index is 619. The van der Waals surface area contributed by atoms with Crippen LogP contribution in [0.5, 0.6) is 5.75 Å². The molecule has 0 amide bonds. The highest BCUT2D eigenvalue weighted by Crippen LogP contribution is 2.32. The van der Waals surface area contributed by atoms with Crippen molar-refractivity contribution in [3.05, 3.63) is 63.4 Å². The molecule has 0 aliphatic carbocycles. The zero-order valence-corrected chi connectivity index (χ0v) is 12.9. The summed E-state index contributed by atoms with van der Waals surface area (Å²) in [5, 5.41) is 0. The van der Waals surface area contributed by atoms with Crippen molar-refractivity contribution in [1.82, 2.24) is 5.43 Å². The average molecular weight is 339 g/mol. The molecule has 0 bridgehead atoms. The second kappa shape index (κ2) is 6.35. The van der Waals surface area contributed by atoms with Crippen LogP contribution in [0.1, 0.15) is 22.7 Å². The van der Waals surface area contributed by atoms with Gasteiger partial charge in [-0.3, -0.25) is 5.84 Å². The van der Waals surface area contributed by atoms with Gasteiger partial charge in [0.2, 0.25) is 0 Å². The van der Waals surface area contributed by atoms with Crippen molar-refractivity contribution in [2.45, 2.75) is 13.0 Å². The summed E-state index contributed by atoms with van der Waals surface area (Å²) in [6, 6.07) is 9.94. The van der Waals surface area contributed by atoms with Crippen LogP contribution in [0.15, 0.2) is 40.9 Å². The minimum Gasteiger partial charge on any atom is -0.496 e. The number of methoxy groups -OCH3 is 1. The summed E-state index contributed by atoms with van der Waals surface area (Å²) in [6.07, 6.45) is 0. The first-order valence-electron chi connectivity index (χ1n) is 6.12. The van der Waals surface area contributed by atoms with Crippen molar-refractivity contribution in [2.24, 2.45) is 5.84 Å². The number of ether oxygens (including phenoxy) is 1. The third-order valence-electron chi connectivity index (χ3n) is 3.21. The van der Waals surface area contributed by atoms with E-state index >= 15 is 0 Å². The molecular formula is C15H16BrFN2O. The maximum Gasteiger partial charge on any atom is 0.124 e. The van der Waals surface area contributed by atoms with Gasteiger partial charge in [-0.25, -0.2) is 9.82 Å². The van der Waals surface area contributed by atoms with E-state index in [1.54, 1.807) is 13.2 Å². The van der Waals surface area contributed by atoms with Crippen LogP contribution in [-0.4, -0.2) is 7.11 Å². The summed E-state index contributed by atoms with van der Waals surface area (Å²) in [6.45, 7) is 1.98. The van der Waals surface area contributed by atoms with Crippen LogP contribution in [0, 0.1) is 12.7 Å². The summed E-state index contributed by atoms with van der Waals surface area (Å²) >= 11 is 3.43. The number of rotatable bonds is 4. The number of hydrogen-bond acceptors (Lipinski definition) is 3. The second-order valence-electron chi connectivity index (χ2n) is 4.49. The molecule has 0 aromatic heterocycles. The van der Waals surface area contributed by atoms with Gasteiger partial charge in [0.1, 0.15) is 11.6 Å². The molecule has 1 unspecified atom stereocenters. The zero-order valence-electron chi connectivity index (χ0n) is 11.3. The maximum atomic E-state index is 13.5. The molecule has 0 saturated carbocycles. The molecular weight excluding hydrogens is 323 g/mol. The van der Waals surface area contributed by atoms with Crippen molar-refractivity contribution >= 4 is 15.9 Å². The highest BCUT2D eigenvalue weighted by atomic mass is 79.9. The maximum absolute atomic E-state index is 13.5. The Morgan fingerprint density at radius 1 is 1.20 bits per heavy atom. The normalized spacial score (nSPS) is 12.2. The highest BCUT2D eigenvalue weighted by molar-refractivity contribution is 9.10. The van der Waals surface area contributed by atoms with Crippen LogP contribution in [0.3, 0.4) is 0 Å². The predicted octanol–water partition coefficient (Wildman–Crippen LogP) is 3.46. The summed E-state index contributed by atoms with van der Waals surface area (Å²) in [5.41, 5.74) is 5.42. The van der Waals surface area contributed by atoms with E-state index in [0.29, 0.717) is 11.3 Å². The van der Waals surface area contributed by atoms with Gasteiger partial charge in [-0.15, -0.1) is 0 Å². The average Bonchev–Trinajstić information content (AvgIpc) is 2.42. The first kappa shape index (κ1) is 15.0. The Morgan fingerprint density at radius 2 is 1.95 bits per heavy atom. The summed E-state index contributed by atoms with van der Waals surface area (Å²) < 4.78 is 19.8. The molecule has 2 aromatic rings. The summed E-state index contributed by atoms with van der Waals surface area (Å²) in [7, 11) is 1.55. The molecule has 0 heterocycles. The minimum absolute atomic E-state index is 0.323. The fraction of sp³-hybridized carbons (Fsp3) is 0.200. The molecule has 20 heavy (non-hydrogen) atoms. The monoisotopic (exact) mass is 338 g/mol. The van der Waals surface area contributed by atoms with E-state index in [1.807, 2.05) is 25.1 Å². The predicted molar refractivity (Wildman–Crippen MR) is 81.0 cm³/mol. The fourth-order valence-electron chi connectivity index (χ4n) is 2.24. The van der Waals surface area contributed by atoms with Crippen LogP contribution in [0.2, 0.25) is 0 Å². The third kappa shape index (κ3) is 3.00. The first-order valence-corrected chi connectivity index (χ1v) is 6.91. The molecule has 3 N–H and O–H groups in total. The van der Waals surface area contributed by atoms with Crippen molar-refractivity contribution < 1.29 is 9.13 Å². The Labute approximate surface area is 126 Å². The molecule has 3 nitrogen and oxygen atoms in total. The van der Waals surface area contributed by atoms with Gasteiger partial charge in [-0.2, -0.15) is 0 Å². The molecule has 2 rings (SSSR count). The van der Waals surface area contributed by atoms with Crippen LogP contribution >= 0.6 is 15.9 Å². The molecule has 0 fully saturated rings. The zero-order chi connectivity index (χ0) is 14.7. The van der Waals surface area contributed by atoms with Crippen molar-refractivity contribution in [3.8, 4) is 5.75 Å². The van der Waals surface area contributed by atoms with Crippen LogP contribution in [0.4, 0.5) is 4.39 Å². The largest absolute Gasteiger partial charge is 0.496 e. The summed E-state index contributed by atoms with van der Waals surface area (Å²) in [4.78, 5) is 0. The van der Waals surface area contributed by atoms with Crippen LogP contribution in [-0.2, 0) is 0 Å². The van der Waals surface area contributed by atoms with E-state index < -0.39 is 0 Å². The molecule has 0 spiro atoms. The lowest BCUT2D eigenvalue weighted by Crippen LogP contribution is -2.29. The standard InChI is InChI=1S/C15H16BrFN2O/c1-9-7-10(16)3-5-12(9)15(19-18)13-8-11(17)4-6-14(13)20-2/h3-8,15,19H,18H2,1-2H3. The minimum atomic E-state index is -0.339. The Kier molecular flexibility index (Phi) is 4.75. The lowest BCUT2D eigenvalue weighted by Gasteiger charge is -2.21. The topological polar surface area (TPSA) is 47.3 Å². The molecule has 2 aromatic carbocycles. The molecule has 0 aliphatic heterocycles.